The van der Waals surface area contributed by atoms with E-state index in [1.54, 1.807) is 6.07 Å². The van der Waals surface area contributed by atoms with Crippen LogP contribution in [-0.2, 0) is 16.8 Å². The van der Waals surface area contributed by atoms with Crippen molar-refractivity contribution in [2.24, 2.45) is 11.1 Å². The lowest BCUT2D eigenvalue weighted by molar-refractivity contribution is -0.133. The van der Waals surface area contributed by atoms with Crippen molar-refractivity contribution in [3.8, 4) is 11.5 Å². The number of phenolic OH excluding ortho intramolecular Hbond substituents is 2. The quantitative estimate of drug-likeness (QED) is 0.681. The lowest BCUT2D eigenvalue weighted by Gasteiger charge is -2.44. The van der Waals surface area contributed by atoms with Gasteiger partial charge >= 0.3 is 0 Å². The predicted molar refractivity (Wildman–Crippen MR) is 74.2 cm³/mol. The molecule has 0 fully saturated rings. The Morgan fingerprint density at radius 3 is 2.53 bits per heavy atom. The molecule has 4 N–H and O–H groups in total. The van der Waals surface area contributed by atoms with Crippen LogP contribution in [0.5, 0.6) is 11.5 Å². The fourth-order valence-corrected chi connectivity index (χ4v) is 2.57. The Labute approximate surface area is 114 Å². The van der Waals surface area contributed by atoms with E-state index in [-0.39, 0.29) is 23.0 Å². The minimum atomic E-state index is -0.628. The lowest BCUT2D eigenvalue weighted by atomic mass is 9.77. The molecule has 0 amide bonds. The molecular formula is C15H23NO3. The fourth-order valence-electron chi connectivity index (χ4n) is 2.57. The van der Waals surface area contributed by atoms with E-state index in [0.717, 1.165) is 11.1 Å². The third-order valence-electron chi connectivity index (χ3n) is 3.98. The van der Waals surface area contributed by atoms with Crippen LogP contribution in [0.4, 0.5) is 0 Å². The van der Waals surface area contributed by atoms with Crippen LogP contribution in [0.25, 0.3) is 0 Å². The first-order valence-corrected chi connectivity index (χ1v) is 6.61. The molecule has 0 unspecified atom stereocenters. The highest BCUT2D eigenvalue weighted by atomic mass is 16.5. The topological polar surface area (TPSA) is 75.7 Å². The summed E-state index contributed by atoms with van der Waals surface area (Å²) in [4.78, 5) is 0. The van der Waals surface area contributed by atoms with Crippen molar-refractivity contribution in [2.75, 3.05) is 6.54 Å². The molecule has 1 heterocycles. The van der Waals surface area contributed by atoms with Crippen molar-refractivity contribution >= 4 is 0 Å². The van der Waals surface area contributed by atoms with Gasteiger partial charge in [0.05, 0.1) is 6.10 Å². The largest absolute Gasteiger partial charge is 0.504 e. The average Bonchev–Trinajstić information content (AvgIpc) is 2.33. The van der Waals surface area contributed by atoms with Crippen LogP contribution in [0.1, 0.15) is 38.8 Å². The van der Waals surface area contributed by atoms with Crippen LogP contribution in [-0.4, -0.2) is 22.9 Å². The molecule has 1 aromatic rings. The van der Waals surface area contributed by atoms with Crippen molar-refractivity contribution in [1.29, 1.82) is 0 Å². The molecule has 0 aliphatic carbocycles. The highest BCUT2D eigenvalue weighted by Crippen LogP contribution is 2.45. The molecule has 4 heteroatoms. The molecule has 1 aliphatic heterocycles. The van der Waals surface area contributed by atoms with Crippen molar-refractivity contribution < 1.29 is 14.9 Å². The number of hydrogen-bond acceptors (Lipinski definition) is 4. The second-order valence-electron chi connectivity index (χ2n) is 6.57. The van der Waals surface area contributed by atoms with E-state index in [2.05, 4.69) is 20.8 Å². The minimum Gasteiger partial charge on any atom is -0.504 e. The zero-order valence-electron chi connectivity index (χ0n) is 12.0. The Balaban J connectivity index is 2.57. The molecule has 0 saturated heterocycles. The number of rotatable bonds is 1. The average molecular weight is 265 g/mol. The highest BCUT2D eigenvalue weighted by molar-refractivity contribution is 5.52. The fraction of sp³-hybridized carbons (Fsp3) is 0.600. The number of phenols is 2. The molecule has 4 nitrogen and oxygen atoms in total. The summed E-state index contributed by atoms with van der Waals surface area (Å²) >= 11 is 0. The normalized spacial score (nSPS) is 27.1. The van der Waals surface area contributed by atoms with Gasteiger partial charge in [0.25, 0.3) is 0 Å². The number of aromatic hydroxyl groups is 2. The van der Waals surface area contributed by atoms with Gasteiger partial charge in [-0.15, -0.1) is 0 Å². The summed E-state index contributed by atoms with van der Waals surface area (Å²) in [6.07, 6.45) is 0.524. The zero-order chi connectivity index (χ0) is 14.4. The van der Waals surface area contributed by atoms with Crippen molar-refractivity contribution in [3.63, 3.8) is 0 Å². The molecule has 1 aromatic carbocycles. The van der Waals surface area contributed by atoms with E-state index >= 15 is 0 Å². The second kappa shape index (κ2) is 4.39. The molecule has 0 aromatic heterocycles. The van der Waals surface area contributed by atoms with Gasteiger partial charge in [-0.3, -0.25) is 0 Å². The maximum absolute atomic E-state index is 10.1. The Hall–Kier alpha value is -1.26. The Morgan fingerprint density at radius 1 is 1.37 bits per heavy atom. The number of nitrogens with two attached hydrogens (primary N) is 1. The van der Waals surface area contributed by atoms with Crippen LogP contribution < -0.4 is 5.73 Å². The van der Waals surface area contributed by atoms with Crippen LogP contribution in [0, 0.1) is 5.41 Å². The van der Waals surface area contributed by atoms with Crippen LogP contribution >= 0.6 is 0 Å². The summed E-state index contributed by atoms with van der Waals surface area (Å²) in [7, 11) is 0. The number of hydrogen-bond donors (Lipinski definition) is 3. The number of benzene rings is 1. The Bertz CT molecular complexity index is 493. The third-order valence-corrected chi connectivity index (χ3v) is 3.98. The molecule has 1 aliphatic rings. The Kier molecular flexibility index (Phi) is 3.27. The van der Waals surface area contributed by atoms with Gasteiger partial charge in [-0.2, -0.15) is 0 Å². The first-order chi connectivity index (χ1) is 8.69. The van der Waals surface area contributed by atoms with E-state index < -0.39 is 5.60 Å². The smallest absolute Gasteiger partial charge is 0.161 e. The van der Waals surface area contributed by atoms with E-state index in [1.165, 1.54) is 6.07 Å². The van der Waals surface area contributed by atoms with E-state index in [0.29, 0.717) is 13.0 Å². The van der Waals surface area contributed by atoms with Gasteiger partial charge in [-0.1, -0.05) is 26.8 Å². The summed E-state index contributed by atoms with van der Waals surface area (Å²) in [6, 6.07) is 3.28. The third kappa shape index (κ3) is 2.30. The van der Waals surface area contributed by atoms with E-state index in [1.807, 2.05) is 6.92 Å². The monoisotopic (exact) mass is 265 g/mol. The summed E-state index contributed by atoms with van der Waals surface area (Å²) < 4.78 is 6.19. The zero-order valence-corrected chi connectivity index (χ0v) is 12.0. The maximum atomic E-state index is 10.1. The molecule has 2 atom stereocenters. The predicted octanol–water partition coefficient (Wildman–Crippen LogP) is 2.26. The highest BCUT2D eigenvalue weighted by Gasteiger charge is 2.42. The Morgan fingerprint density at radius 2 is 2.00 bits per heavy atom. The van der Waals surface area contributed by atoms with Gasteiger partial charge < -0.3 is 20.7 Å². The van der Waals surface area contributed by atoms with Crippen LogP contribution in [0.2, 0.25) is 0 Å². The number of ether oxygens (including phenoxy) is 1. The molecule has 19 heavy (non-hydrogen) atoms. The van der Waals surface area contributed by atoms with Crippen molar-refractivity contribution in [2.45, 2.75) is 45.8 Å². The van der Waals surface area contributed by atoms with E-state index in [9.17, 15) is 10.2 Å². The van der Waals surface area contributed by atoms with Crippen LogP contribution in [0.15, 0.2) is 12.1 Å². The lowest BCUT2D eigenvalue weighted by Crippen LogP contribution is -2.47. The molecule has 0 radical (unpaired) electrons. The molecular weight excluding hydrogens is 242 g/mol. The van der Waals surface area contributed by atoms with Gasteiger partial charge in [-0.25, -0.2) is 0 Å². The summed E-state index contributed by atoms with van der Waals surface area (Å²) in [5, 5.41) is 19.8. The molecule has 0 bridgehead atoms. The van der Waals surface area contributed by atoms with Gasteiger partial charge in [0, 0.05) is 18.5 Å². The van der Waals surface area contributed by atoms with Crippen molar-refractivity contribution in [1.82, 2.24) is 0 Å². The summed E-state index contributed by atoms with van der Waals surface area (Å²) in [6.45, 7) is 8.55. The first kappa shape index (κ1) is 14.2. The minimum absolute atomic E-state index is 0.0466. The standard InChI is InChI=1S/C15H23NO3/c1-14(2,3)12-7-9-10(15(4,8-16)19-12)5-6-11(17)13(9)18/h5-6,12,17-18H,7-8,16H2,1-4H3/t12-,15-/m1/s1. The molecule has 2 rings (SSSR count). The SMILES string of the molecule is CC(C)(C)[C@H]1Cc2c(ccc(O)c2O)[C@@](C)(CN)O1. The van der Waals surface area contributed by atoms with Gasteiger partial charge in [-0.05, 0) is 24.0 Å². The first-order valence-electron chi connectivity index (χ1n) is 6.61. The van der Waals surface area contributed by atoms with Gasteiger partial charge in [0.15, 0.2) is 11.5 Å². The van der Waals surface area contributed by atoms with Crippen molar-refractivity contribution in [3.05, 3.63) is 23.3 Å². The summed E-state index contributed by atoms with van der Waals surface area (Å²) in [5.41, 5.74) is 6.80. The molecule has 0 spiro atoms. The summed E-state index contributed by atoms with van der Waals surface area (Å²) in [5.74, 6) is -0.137. The number of fused-ring (bicyclic) bond motifs is 1. The van der Waals surface area contributed by atoms with Gasteiger partial charge in [0.1, 0.15) is 5.60 Å². The molecule has 0 saturated carbocycles. The van der Waals surface area contributed by atoms with Gasteiger partial charge in [0.2, 0.25) is 0 Å². The van der Waals surface area contributed by atoms with E-state index in [4.69, 9.17) is 10.5 Å². The molecule has 106 valence electrons. The van der Waals surface area contributed by atoms with Crippen LogP contribution in [0.3, 0.4) is 0 Å². The second-order valence-corrected chi connectivity index (χ2v) is 6.57. The maximum Gasteiger partial charge on any atom is 0.161 e.